The van der Waals surface area contributed by atoms with E-state index in [0.29, 0.717) is 11.6 Å². The van der Waals surface area contributed by atoms with Crippen molar-refractivity contribution in [1.82, 2.24) is 9.97 Å². The van der Waals surface area contributed by atoms with E-state index >= 15 is 0 Å². The molecule has 0 atom stereocenters. The molecule has 0 aliphatic heterocycles. The minimum Gasteiger partial charge on any atom is -0.354 e. The molecular weight excluding hydrogens is 196 g/mol. The van der Waals surface area contributed by atoms with Crippen LogP contribution < -0.4 is 5.32 Å². The first kappa shape index (κ1) is 11.4. The first-order chi connectivity index (χ1) is 7.15. The van der Waals surface area contributed by atoms with Crippen LogP contribution >= 0.6 is 0 Å². The van der Waals surface area contributed by atoms with E-state index in [-0.39, 0.29) is 5.69 Å². The lowest BCUT2D eigenvalue weighted by Crippen LogP contribution is -2.06. The molecule has 0 fully saturated rings. The molecule has 82 valence electrons. The summed E-state index contributed by atoms with van der Waals surface area (Å²) in [6, 6.07) is 0. The van der Waals surface area contributed by atoms with Crippen molar-refractivity contribution < 1.29 is 4.92 Å². The number of aryl methyl sites for hydroxylation is 1. The van der Waals surface area contributed by atoms with Gasteiger partial charge in [-0.1, -0.05) is 13.3 Å². The summed E-state index contributed by atoms with van der Waals surface area (Å²) in [6.07, 6.45) is 3.34. The van der Waals surface area contributed by atoms with Crippen LogP contribution in [0.2, 0.25) is 0 Å². The minimum atomic E-state index is -0.481. The van der Waals surface area contributed by atoms with E-state index < -0.39 is 4.92 Å². The van der Waals surface area contributed by atoms with Crippen molar-refractivity contribution in [2.24, 2.45) is 0 Å². The second-order valence-corrected chi connectivity index (χ2v) is 3.20. The molecule has 6 nitrogen and oxygen atoms in total. The van der Waals surface area contributed by atoms with Crippen LogP contribution in [0.25, 0.3) is 0 Å². The molecule has 0 amide bonds. The van der Waals surface area contributed by atoms with E-state index in [1.54, 1.807) is 6.92 Å². The molecule has 0 unspecified atom stereocenters. The van der Waals surface area contributed by atoms with Crippen LogP contribution in [0.3, 0.4) is 0 Å². The predicted molar refractivity (Wildman–Crippen MR) is 56.8 cm³/mol. The lowest BCUT2D eigenvalue weighted by Gasteiger charge is -2.03. The predicted octanol–water partition coefficient (Wildman–Crippen LogP) is 1.91. The highest BCUT2D eigenvalue weighted by Crippen LogP contribution is 2.14. The number of unbranched alkanes of at least 4 members (excludes halogenated alkanes) is 1. The Balaban J connectivity index is 2.69. The largest absolute Gasteiger partial charge is 0.354 e. The standard InChI is InChI=1S/C9H14N4O2/c1-3-4-5-10-9-11-6-8(13(14)15)7(2)12-9/h6H,3-5H2,1-2H3,(H,10,11,12). The van der Waals surface area contributed by atoms with Gasteiger partial charge in [0.25, 0.3) is 0 Å². The molecule has 0 bridgehead atoms. The van der Waals surface area contributed by atoms with Crippen LogP contribution in [0, 0.1) is 17.0 Å². The zero-order chi connectivity index (χ0) is 11.3. The zero-order valence-electron chi connectivity index (χ0n) is 8.86. The lowest BCUT2D eigenvalue weighted by molar-refractivity contribution is -0.386. The van der Waals surface area contributed by atoms with E-state index in [0.717, 1.165) is 19.4 Å². The first-order valence-electron chi connectivity index (χ1n) is 4.87. The highest BCUT2D eigenvalue weighted by atomic mass is 16.6. The Labute approximate surface area is 87.9 Å². The van der Waals surface area contributed by atoms with Crippen LogP contribution in [-0.2, 0) is 0 Å². The molecule has 0 radical (unpaired) electrons. The first-order valence-corrected chi connectivity index (χ1v) is 4.87. The number of nitro groups is 1. The Morgan fingerprint density at radius 3 is 2.87 bits per heavy atom. The Morgan fingerprint density at radius 2 is 2.33 bits per heavy atom. The van der Waals surface area contributed by atoms with Crippen LogP contribution in [0.15, 0.2) is 6.20 Å². The minimum absolute atomic E-state index is 0.0453. The molecule has 0 spiro atoms. The van der Waals surface area contributed by atoms with Crippen LogP contribution in [0.4, 0.5) is 11.6 Å². The van der Waals surface area contributed by atoms with Gasteiger partial charge in [0, 0.05) is 6.54 Å². The van der Waals surface area contributed by atoms with Gasteiger partial charge in [0.1, 0.15) is 11.9 Å². The molecule has 1 aromatic rings. The fourth-order valence-corrected chi connectivity index (χ4v) is 1.10. The second kappa shape index (κ2) is 5.23. The lowest BCUT2D eigenvalue weighted by atomic mass is 10.3. The Hall–Kier alpha value is -1.72. The Bertz CT molecular complexity index is 354. The van der Waals surface area contributed by atoms with Crippen molar-refractivity contribution in [2.45, 2.75) is 26.7 Å². The third kappa shape index (κ3) is 3.16. The summed E-state index contributed by atoms with van der Waals surface area (Å²) in [6.45, 7) is 4.47. The number of nitrogens with one attached hydrogen (secondary N) is 1. The zero-order valence-corrected chi connectivity index (χ0v) is 8.86. The fraction of sp³-hybridized carbons (Fsp3) is 0.556. The maximum atomic E-state index is 10.5. The van der Waals surface area contributed by atoms with Gasteiger partial charge in [-0.25, -0.2) is 9.97 Å². The third-order valence-electron chi connectivity index (χ3n) is 1.96. The molecule has 1 rings (SSSR count). The summed E-state index contributed by atoms with van der Waals surface area (Å²) in [5, 5.41) is 13.5. The molecule has 15 heavy (non-hydrogen) atoms. The van der Waals surface area contributed by atoms with Gasteiger partial charge in [-0.3, -0.25) is 10.1 Å². The summed E-state index contributed by atoms with van der Waals surface area (Å²) in [5.41, 5.74) is 0.338. The summed E-state index contributed by atoms with van der Waals surface area (Å²) >= 11 is 0. The molecule has 0 aliphatic carbocycles. The van der Waals surface area contributed by atoms with E-state index in [1.165, 1.54) is 6.20 Å². The topological polar surface area (TPSA) is 81.0 Å². The average molecular weight is 210 g/mol. The van der Waals surface area contributed by atoms with Gasteiger partial charge in [-0.2, -0.15) is 0 Å². The normalized spacial score (nSPS) is 10.0. The van der Waals surface area contributed by atoms with Crippen molar-refractivity contribution in [3.8, 4) is 0 Å². The van der Waals surface area contributed by atoms with Gasteiger partial charge in [0.15, 0.2) is 0 Å². The molecule has 0 aromatic carbocycles. The van der Waals surface area contributed by atoms with Crippen molar-refractivity contribution in [1.29, 1.82) is 0 Å². The molecule has 0 saturated heterocycles. The number of nitrogens with zero attached hydrogens (tertiary/aromatic N) is 3. The fourth-order valence-electron chi connectivity index (χ4n) is 1.10. The molecule has 1 aromatic heterocycles. The van der Waals surface area contributed by atoms with Crippen molar-refractivity contribution in [3.05, 3.63) is 22.0 Å². The number of rotatable bonds is 5. The SMILES string of the molecule is CCCCNc1ncc([N+](=O)[O-])c(C)n1. The van der Waals surface area contributed by atoms with Crippen LogP contribution in [0.5, 0.6) is 0 Å². The van der Waals surface area contributed by atoms with Crippen LogP contribution in [-0.4, -0.2) is 21.4 Å². The average Bonchev–Trinajstić information content (AvgIpc) is 2.17. The van der Waals surface area contributed by atoms with Gasteiger partial charge >= 0.3 is 5.69 Å². The monoisotopic (exact) mass is 210 g/mol. The van der Waals surface area contributed by atoms with Gasteiger partial charge in [0.2, 0.25) is 5.95 Å². The number of aromatic nitrogens is 2. The van der Waals surface area contributed by atoms with Crippen molar-refractivity contribution >= 4 is 11.6 Å². The quantitative estimate of drug-likeness (QED) is 0.456. The van der Waals surface area contributed by atoms with Gasteiger partial charge in [-0.15, -0.1) is 0 Å². The molecule has 0 aliphatic rings. The van der Waals surface area contributed by atoms with E-state index in [9.17, 15) is 10.1 Å². The maximum absolute atomic E-state index is 10.5. The van der Waals surface area contributed by atoms with Crippen molar-refractivity contribution in [3.63, 3.8) is 0 Å². The summed E-state index contributed by atoms with van der Waals surface area (Å²) in [4.78, 5) is 17.9. The molecule has 0 saturated carbocycles. The molecule has 1 heterocycles. The molecule has 6 heteroatoms. The van der Waals surface area contributed by atoms with Gasteiger partial charge in [0.05, 0.1) is 4.92 Å². The Kier molecular flexibility index (Phi) is 3.96. The van der Waals surface area contributed by atoms with E-state index in [2.05, 4.69) is 22.2 Å². The smallest absolute Gasteiger partial charge is 0.308 e. The number of anilines is 1. The summed E-state index contributed by atoms with van der Waals surface area (Å²) < 4.78 is 0. The maximum Gasteiger partial charge on any atom is 0.308 e. The van der Waals surface area contributed by atoms with E-state index in [4.69, 9.17) is 0 Å². The van der Waals surface area contributed by atoms with Crippen LogP contribution in [0.1, 0.15) is 25.5 Å². The van der Waals surface area contributed by atoms with Gasteiger partial charge < -0.3 is 5.32 Å². The van der Waals surface area contributed by atoms with E-state index in [1.807, 2.05) is 0 Å². The summed E-state index contributed by atoms with van der Waals surface area (Å²) in [7, 11) is 0. The van der Waals surface area contributed by atoms with Gasteiger partial charge in [-0.05, 0) is 13.3 Å². The molecule has 1 N–H and O–H groups in total. The number of hydrogen-bond donors (Lipinski definition) is 1. The highest BCUT2D eigenvalue weighted by Gasteiger charge is 2.12. The highest BCUT2D eigenvalue weighted by molar-refractivity contribution is 5.37. The Morgan fingerprint density at radius 1 is 1.60 bits per heavy atom. The molecular formula is C9H14N4O2. The van der Waals surface area contributed by atoms with Crippen molar-refractivity contribution in [2.75, 3.05) is 11.9 Å². The third-order valence-corrected chi connectivity index (χ3v) is 1.96. The number of hydrogen-bond acceptors (Lipinski definition) is 5. The second-order valence-electron chi connectivity index (χ2n) is 3.20. The summed E-state index contributed by atoms with van der Waals surface area (Å²) in [5.74, 6) is 0.451.